The third-order valence-electron chi connectivity index (χ3n) is 3.72. The monoisotopic (exact) mass is 419 g/mol. The number of carbonyl (C=O) groups excluding carboxylic acids is 1. The van der Waals surface area contributed by atoms with Crippen LogP contribution in [0.25, 0.3) is 11.4 Å². The molecule has 1 unspecified atom stereocenters. The predicted octanol–water partition coefficient (Wildman–Crippen LogP) is 4.75. The highest BCUT2D eigenvalue weighted by Crippen LogP contribution is 2.27. The van der Waals surface area contributed by atoms with Gasteiger partial charge in [-0.05, 0) is 43.3 Å². The maximum absolute atomic E-state index is 13.1. The number of thioether (sulfide) groups is 1. The smallest absolute Gasteiger partial charge is 0.191 e. The molecule has 1 atom stereocenters. The van der Waals surface area contributed by atoms with Gasteiger partial charge < -0.3 is 4.57 Å². The van der Waals surface area contributed by atoms with Crippen LogP contribution in [0.5, 0.6) is 0 Å². The van der Waals surface area contributed by atoms with Crippen molar-refractivity contribution >= 4 is 33.5 Å². The molecule has 3 rings (SSSR count). The molecule has 7 heteroatoms. The lowest BCUT2D eigenvalue weighted by molar-refractivity contribution is 0.0994. The van der Waals surface area contributed by atoms with E-state index in [1.165, 1.54) is 23.9 Å². The minimum Gasteiger partial charge on any atom is -0.305 e. The summed E-state index contributed by atoms with van der Waals surface area (Å²) in [7, 11) is 1.83. The molecule has 0 fully saturated rings. The van der Waals surface area contributed by atoms with Gasteiger partial charge in [-0.3, -0.25) is 4.79 Å². The van der Waals surface area contributed by atoms with Crippen molar-refractivity contribution in [3.05, 3.63) is 64.4 Å². The van der Waals surface area contributed by atoms with Crippen molar-refractivity contribution in [2.75, 3.05) is 0 Å². The van der Waals surface area contributed by atoms with E-state index < -0.39 is 0 Å². The van der Waals surface area contributed by atoms with Gasteiger partial charge in [-0.15, -0.1) is 10.2 Å². The van der Waals surface area contributed by atoms with Crippen molar-refractivity contribution in [2.45, 2.75) is 17.3 Å². The highest BCUT2D eigenvalue weighted by molar-refractivity contribution is 9.10. The van der Waals surface area contributed by atoms with Crippen LogP contribution in [0, 0.1) is 5.82 Å². The lowest BCUT2D eigenvalue weighted by atomic mass is 10.1. The second kappa shape index (κ2) is 7.49. The molecule has 0 saturated carbocycles. The summed E-state index contributed by atoms with van der Waals surface area (Å²) in [5.41, 5.74) is 1.43. The molecular weight excluding hydrogens is 405 g/mol. The van der Waals surface area contributed by atoms with Crippen molar-refractivity contribution in [3.8, 4) is 11.4 Å². The summed E-state index contributed by atoms with van der Waals surface area (Å²) in [6, 6.07) is 13.4. The Balaban J connectivity index is 1.78. The fraction of sp³-hybridized carbons (Fsp3) is 0.167. The Kier molecular flexibility index (Phi) is 5.34. The van der Waals surface area contributed by atoms with Crippen LogP contribution < -0.4 is 0 Å². The highest BCUT2D eigenvalue weighted by Gasteiger charge is 2.20. The maximum atomic E-state index is 13.1. The number of rotatable bonds is 5. The molecule has 1 aromatic heterocycles. The molecule has 25 heavy (non-hydrogen) atoms. The Bertz CT molecular complexity index is 894. The molecule has 0 amide bonds. The van der Waals surface area contributed by atoms with E-state index in [4.69, 9.17) is 0 Å². The summed E-state index contributed by atoms with van der Waals surface area (Å²) in [4.78, 5) is 12.6. The average molecular weight is 420 g/mol. The van der Waals surface area contributed by atoms with Gasteiger partial charge in [-0.25, -0.2) is 4.39 Å². The normalized spacial score (nSPS) is 12.2. The zero-order chi connectivity index (χ0) is 18.0. The van der Waals surface area contributed by atoms with Crippen LogP contribution in [0.15, 0.2) is 58.2 Å². The molecule has 3 aromatic rings. The zero-order valence-electron chi connectivity index (χ0n) is 13.6. The number of benzene rings is 2. The molecule has 0 aliphatic carbocycles. The van der Waals surface area contributed by atoms with E-state index in [2.05, 4.69) is 26.1 Å². The van der Waals surface area contributed by atoms with Crippen molar-refractivity contribution in [1.29, 1.82) is 0 Å². The van der Waals surface area contributed by atoms with E-state index >= 15 is 0 Å². The van der Waals surface area contributed by atoms with Crippen LogP contribution in [0.2, 0.25) is 0 Å². The van der Waals surface area contributed by atoms with Gasteiger partial charge in [-0.2, -0.15) is 0 Å². The molecule has 0 aliphatic heterocycles. The topological polar surface area (TPSA) is 47.8 Å². The van der Waals surface area contributed by atoms with E-state index in [-0.39, 0.29) is 16.9 Å². The zero-order valence-corrected chi connectivity index (χ0v) is 16.0. The number of carbonyl (C=O) groups is 1. The van der Waals surface area contributed by atoms with Crippen LogP contribution in [0.3, 0.4) is 0 Å². The van der Waals surface area contributed by atoms with Crippen LogP contribution >= 0.6 is 27.7 Å². The van der Waals surface area contributed by atoms with Gasteiger partial charge in [-0.1, -0.05) is 39.8 Å². The van der Waals surface area contributed by atoms with Gasteiger partial charge in [0.1, 0.15) is 5.82 Å². The van der Waals surface area contributed by atoms with E-state index in [1.54, 1.807) is 24.3 Å². The summed E-state index contributed by atoms with van der Waals surface area (Å²) < 4.78 is 15.8. The van der Waals surface area contributed by atoms with E-state index in [1.807, 2.05) is 30.7 Å². The quantitative estimate of drug-likeness (QED) is 0.442. The summed E-state index contributed by atoms with van der Waals surface area (Å²) in [6.07, 6.45) is 0. The van der Waals surface area contributed by atoms with E-state index in [0.29, 0.717) is 16.5 Å². The number of Topliss-reactive ketones (excluding diaryl/α,β-unsaturated/α-hetero) is 1. The average Bonchev–Trinajstić information content (AvgIpc) is 2.96. The first-order chi connectivity index (χ1) is 12.0. The molecule has 128 valence electrons. The Hall–Kier alpha value is -1.99. The second-order valence-corrected chi connectivity index (χ2v) is 7.73. The molecule has 1 heterocycles. The minimum absolute atomic E-state index is 0.0313. The number of ketones is 1. The summed E-state index contributed by atoms with van der Waals surface area (Å²) >= 11 is 4.71. The Morgan fingerprint density at radius 1 is 1.12 bits per heavy atom. The molecule has 0 bridgehead atoms. The fourth-order valence-electron chi connectivity index (χ4n) is 2.33. The summed E-state index contributed by atoms with van der Waals surface area (Å²) in [5, 5.41) is 8.67. The molecule has 4 nitrogen and oxygen atoms in total. The lowest BCUT2D eigenvalue weighted by Crippen LogP contribution is -2.14. The molecule has 0 saturated heterocycles. The number of aromatic nitrogens is 3. The van der Waals surface area contributed by atoms with Gasteiger partial charge in [0.2, 0.25) is 0 Å². The molecular formula is C18H15BrFN3OS. The number of halogens is 2. The summed E-state index contributed by atoms with van der Waals surface area (Å²) in [6.45, 7) is 1.85. The highest BCUT2D eigenvalue weighted by atomic mass is 79.9. The van der Waals surface area contributed by atoms with Gasteiger partial charge in [0.25, 0.3) is 0 Å². The van der Waals surface area contributed by atoms with Crippen molar-refractivity contribution in [2.24, 2.45) is 7.05 Å². The molecule has 0 aliphatic rings. The molecule has 0 radical (unpaired) electrons. The van der Waals surface area contributed by atoms with Crippen molar-refractivity contribution < 1.29 is 9.18 Å². The first-order valence-corrected chi connectivity index (χ1v) is 9.24. The first kappa shape index (κ1) is 17.8. The third-order valence-corrected chi connectivity index (χ3v) is 5.38. The fourth-order valence-corrected chi connectivity index (χ4v) is 3.48. The number of nitrogens with zero attached hydrogens (tertiary/aromatic N) is 3. The van der Waals surface area contributed by atoms with Gasteiger partial charge in [0.15, 0.2) is 16.8 Å². The van der Waals surface area contributed by atoms with Crippen LogP contribution in [-0.2, 0) is 7.05 Å². The second-order valence-electron chi connectivity index (χ2n) is 5.50. The Labute approximate surface area is 157 Å². The van der Waals surface area contributed by atoms with Crippen LogP contribution in [0.4, 0.5) is 4.39 Å². The predicted molar refractivity (Wildman–Crippen MR) is 100 cm³/mol. The third kappa shape index (κ3) is 3.99. The van der Waals surface area contributed by atoms with Gasteiger partial charge in [0.05, 0.1) is 5.25 Å². The lowest BCUT2D eigenvalue weighted by Gasteiger charge is -2.10. The van der Waals surface area contributed by atoms with Crippen LogP contribution in [0.1, 0.15) is 17.3 Å². The first-order valence-electron chi connectivity index (χ1n) is 7.57. The van der Waals surface area contributed by atoms with E-state index in [9.17, 15) is 9.18 Å². The minimum atomic E-state index is -0.301. The van der Waals surface area contributed by atoms with Crippen LogP contribution in [-0.4, -0.2) is 25.8 Å². The van der Waals surface area contributed by atoms with Crippen molar-refractivity contribution in [3.63, 3.8) is 0 Å². The SMILES string of the molecule is CC(Sc1nnc(-c2ccc(F)cc2)n1C)C(=O)c1ccc(Br)cc1. The number of hydrogen-bond acceptors (Lipinski definition) is 4. The largest absolute Gasteiger partial charge is 0.305 e. The Morgan fingerprint density at radius 3 is 2.40 bits per heavy atom. The van der Waals surface area contributed by atoms with Crippen molar-refractivity contribution in [1.82, 2.24) is 14.8 Å². The number of hydrogen-bond donors (Lipinski definition) is 0. The van der Waals surface area contributed by atoms with E-state index in [0.717, 1.165) is 10.0 Å². The van der Waals surface area contributed by atoms with Gasteiger partial charge >= 0.3 is 0 Å². The molecule has 0 spiro atoms. The standard InChI is InChI=1S/C18H15BrFN3OS/c1-11(16(24)12-3-7-14(19)8-4-12)25-18-22-21-17(23(18)2)13-5-9-15(20)10-6-13/h3-11H,1-2H3. The van der Waals surface area contributed by atoms with Gasteiger partial charge in [0, 0.05) is 22.6 Å². The molecule has 2 aromatic carbocycles. The Morgan fingerprint density at radius 2 is 1.76 bits per heavy atom. The molecule has 0 N–H and O–H groups in total. The maximum Gasteiger partial charge on any atom is 0.191 e. The summed E-state index contributed by atoms with van der Waals surface area (Å²) in [5.74, 6) is 0.365.